The highest BCUT2D eigenvalue weighted by Crippen LogP contribution is 1.72. The van der Waals surface area contributed by atoms with Crippen LogP contribution in [0.25, 0.3) is 0 Å². The highest BCUT2D eigenvalue weighted by Gasteiger charge is 1.95. The maximum absolute atomic E-state index is 11.3. The van der Waals surface area contributed by atoms with Crippen LogP contribution in [0, 0.1) is 0 Å². The molecule has 0 unspecified atom stereocenters. The Morgan fingerprint density at radius 3 is 2.62 bits per heavy atom. The fourth-order valence-electron chi connectivity index (χ4n) is 0.962. The van der Waals surface area contributed by atoms with Crippen molar-refractivity contribution in [3.63, 3.8) is 0 Å². The topological polar surface area (TPSA) is 56.4 Å². The molecule has 5 nitrogen and oxygen atoms in total. The Hall–Kier alpha value is -1.65. The third kappa shape index (κ3) is 1.93. The van der Waals surface area contributed by atoms with Crippen LogP contribution >= 0.6 is 0 Å². The zero-order valence-electron chi connectivity index (χ0n) is 7.81. The normalized spacial score (nSPS) is 11.8. The van der Waals surface area contributed by atoms with Gasteiger partial charge in [-0.05, 0) is 6.07 Å². The first kappa shape index (κ1) is 9.44. The third-order valence-electron chi connectivity index (χ3n) is 1.65. The van der Waals surface area contributed by atoms with E-state index in [4.69, 9.17) is 0 Å². The molecule has 1 aromatic heterocycles. The minimum Gasteiger partial charge on any atom is -0.304 e. The largest absolute Gasteiger partial charge is 0.329 e. The van der Waals surface area contributed by atoms with Crippen LogP contribution < -0.4 is 11.2 Å². The zero-order chi connectivity index (χ0) is 10.0. The Morgan fingerprint density at radius 1 is 1.46 bits per heavy atom. The number of aryl methyl sites for hydroxylation is 1. The molecule has 0 bridgehead atoms. The molecule has 0 N–H and O–H groups in total. The maximum atomic E-state index is 11.3. The molecule has 5 heteroatoms. The van der Waals surface area contributed by atoms with Gasteiger partial charge >= 0.3 is 5.69 Å². The summed E-state index contributed by atoms with van der Waals surface area (Å²) in [7, 11) is 3.21. The lowest BCUT2D eigenvalue weighted by atomic mass is 10.6. The Labute approximate surface area is 75.0 Å². The number of hydrogen-bond donors (Lipinski definition) is 0. The average molecular weight is 181 g/mol. The van der Waals surface area contributed by atoms with Crippen LogP contribution in [0.4, 0.5) is 0 Å². The van der Waals surface area contributed by atoms with Crippen molar-refractivity contribution in [2.45, 2.75) is 6.92 Å². The average Bonchev–Trinajstić information content (AvgIpc) is 2.06. The Bertz CT molecular complexity index is 453. The van der Waals surface area contributed by atoms with Crippen molar-refractivity contribution in [2.75, 3.05) is 0 Å². The molecular formula is C8H11N3O2. The minimum absolute atomic E-state index is 0.206. The van der Waals surface area contributed by atoms with Gasteiger partial charge in [-0.1, -0.05) is 0 Å². The van der Waals surface area contributed by atoms with E-state index < -0.39 is 0 Å². The molecule has 70 valence electrons. The van der Waals surface area contributed by atoms with Crippen molar-refractivity contribution in [3.8, 4) is 0 Å². The van der Waals surface area contributed by atoms with Gasteiger partial charge in [0, 0.05) is 27.2 Å². The van der Waals surface area contributed by atoms with E-state index in [0.717, 1.165) is 0 Å². The first-order valence-electron chi connectivity index (χ1n) is 3.80. The number of amides is 1. The third-order valence-corrected chi connectivity index (χ3v) is 1.65. The molecule has 13 heavy (non-hydrogen) atoms. The summed E-state index contributed by atoms with van der Waals surface area (Å²) in [5, 5.41) is 0. The number of carbonyl (C=O) groups is 1. The summed E-state index contributed by atoms with van der Waals surface area (Å²) < 4.78 is 2.74. The molecule has 0 saturated carbocycles. The van der Waals surface area contributed by atoms with Gasteiger partial charge in [0.15, 0.2) is 0 Å². The number of hydrogen-bond acceptors (Lipinski definition) is 2. The smallest absolute Gasteiger partial charge is 0.304 e. The van der Waals surface area contributed by atoms with Crippen LogP contribution in [0.15, 0.2) is 22.1 Å². The summed E-state index contributed by atoms with van der Waals surface area (Å²) in [6, 6.07) is 1.61. The summed E-state index contributed by atoms with van der Waals surface area (Å²) in [5.41, 5.74) is 0.165. The summed E-state index contributed by atoms with van der Waals surface area (Å²) in [6.45, 7) is 1.34. The second-order valence-corrected chi connectivity index (χ2v) is 2.76. The fourth-order valence-corrected chi connectivity index (χ4v) is 0.962. The van der Waals surface area contributed by atoms with Gasteiger partial charge in [-0.25, -0.2) is 4.79 Å². The van der Waals surface area contributed by atoms with E-state index in [0.29, 0.717) is 5.49 Å². The Balaban J connectivity index is 3.52. The first-order chi connectivity index (χ1) is 6.02. The number of rotatable bonds is 0. The molecule has 0 aromatic carbocycles. The van der Waals surface area contributed by atoms with Crippen molar-refractivity contribution in [2.24, 2.45) is 19.1 Å². The van der Waals surface area contributed by atoms with Crippen molar-refractivity contribution in [3.05, 3.63) is 28.2 Å². The van der Waals surface area contributed by atoms with E-state index in [-0.39, 0.29) is 11.6 Å². The van der Waals surface area contributed by atoms with Crippen LogP contribution in [0.5, 0.6) is 0 Å². The predicted molar refractivity (Wildman–Crippen MR) is 46.9 cm³/mol. The number of carbonyl (C=O) groups excluding carboxylic acids is 1. The first-order valence-corrected chi connectivity index (χ1v) is 3.80. The standard InChI is InChI=1S/C8H11N3O2/c1-6(12)9-7-4-5-10(2)8(13)11(7)3/h4-5H,1-3H3. The van der Waals surface area contributed by atoms with Gasteiger partial charge in [0.1, 0.15) is 5.49 Å². The van der Waals surface area contributed by atoms with Crippen LogP contribution in [0.1, 0.15) is 6.92 Å². The van der Waals surface area contributed by atoms with Gasteiger partial charge in [-0.15, -0.1) is 0 Å². The lowest BCUT2D eigenvalue weighted by Crippen LogP contribution is -2.36. The van der Waals surface area contributed by atoms with Crippen molar-refractivity contribution in [1.82, 2.24) is 9.13 Å². The van der Waals surface area contributed by atoms with Gasteiger partial charge in [0.2, 0.25) is 5.91 Å². The fraction of sp³-hybridized carbons (Fsp3) is 0.375. The van der Waals surface area contributed by atoms with E-state index in [2.05, 4.69) is 4.99 Å². The number of aromatic nitrogens is 2. The maximum Gasteiger partial charge on any atom is 0.329 e. The highest BCUT2D eigenvalue weighted by molar-refractivity contribution is 5.73. The molecular weight excluding hydrogens is 170 g/mol. The molecule has 0 aliphatic carbocycles. The van der Waals surface area contributed by atoms with Crippen LogP contribution in [0.3, 0.4) is 0 Å². The quantitative estimate of drug-likeness (QED) is 0.524. The minimum atomic E-state index is -0.316. The zero-order valence-corrected chi connectivity index (χ0v) is 7.81. The molecule has 0 aliphatic heterocycles. The van der Waals surface area contributed by atoms with Gasteiger partial charge in [-0.2, -0.15) is 4.99 Å². The van der Waals surface area contributed by atoms with Crippen LogP contribution in [-0.4, -0.2) is 15.0 Å². The Kier molecular flexibility index (Phi) is 2.46. The molecule has 1 amide bonds. The summed E-state index contributed by atoms with van der Waals surface area (Å²) in [6.07, 6.45) is 1.57. The van der Waals surface area contributed by atoms with E-state index >= 15 is 0 Å². The molecule has 1 rings (SSSR count). The molecule has 0 fully saturated rings. The lowest BCUT2D eigenvalue weighted by Gasteiger charge is -2.00. The van der Waals surface area contributed by atoms with Crippen molar-refractivity contribution in [1.29, 1.82) is 0 Å². The second-order valence-electron chi connectivity index (χ2n) is 2.76. The van der Waals surface area contributed by atoms with Crippen LogP contribution in [0.2, 0.25) is 0 Å². The molecule has 1 aromatic rings. The van der Waals surface area contributed by atoms with Crippen molar-refractivity contribution >= 4 is 5.91 Å². The van der Waals surface area contributed by atoms with E-state index in [1.165, 1.54) is 16.1 Å². The summed E-state index contributed by atoms with van der Waals surface area (Å²) in [5.74, 6) is -0.316. The molecule has 0 radical (unpaired) electrons. The molecule has 0 atom stereocenters. The predicted octanol–water partition coefficient (Wildman–Crippen LogP) is -0.829. The molecule has 1 heterocycles. The van der Waals surface area contributed by atoms with Gasteiger partial charge in [0.05, 0.1) is 0 Å². The van der Waals surface area contributed by atoms with Gasteiger partial charge < -0.3 is 4.57 Å². The van der Waals surface area contributed by atoms with Gasteiger partial charge in [-0.3, -0.25) is 9.36 Å². The SMILES string of the molecule is CC(=O)N=c1ccn(C)c(=O)n1C. The summed E-state index contributed by atoms with van der Waals surface area (Å²) >= 11 is 0. The van der Waals surface area contributed by atoms with Gasteiger partial charge in [0.25, 0.3) is 0 Å². The molecule has 0 saturated heterocycles. The van der Waals surface area contributed by atoms with E-state index in [1.807, 2.05) is 0 Å². The number of nitrogens with zero attached hydrogens (tertiary/aromatic N) is 3. The van der Waals surface area contributed by atoms with Crippen LogP contribution in [-0.2, 0) is 18.9 Å². The van der Waals surface area contributed by atoms with E-state index in [1.54, 1.807) is 26.4 Å². The summed E-state index contributed by atoms with van der Waals surface area (Å²) in [4.78, 5) is 25.7. The van der Waals surface area contributed by atoms with E-state index in [9.17, 15) is 9.59 Å². The second kappa shape index (κ2) is 3.38. The molecule has 0 spiro atoms. The highest BCUT2D eigenvalue weighted by atomic mass is 16.2. The Morgan fingerprint density at radius 2 is 2.08 bits per heavy atom. The van der Waals surface area contributed by atoms with Crippen molar-refractivity contribution < 1.29 is 4.79 Å². The lowest BCUT2D eigenvalue weighted by molar-refractivity contribution is -0.116. The molecule has 0 aliphatic rings. The monoisotopic (exact) mass is 181 g/mol.